The molecular weight excluding hydrogens is 239 g/mol. The fourth-order valence-electron chi connectivity index (χ4n) is 2.35. The lowest BCUT2D eigenvalue weighted by Crippen LogP contribution is -2.37. The lowest BCUT2D eigenvalue weighted by atomic mass is 10.1. The largest absolute Gasteiger partial charge is 0.323 e. The SMILES string of the molecule is CC(C)CN(CC(C)C)CC(N)c1ccc(F)cc1. The molecule has 0 aromatic heterocycles. The van der Waals surface area contributed by atoms with Gasteiger partial charge in [-0.3, -0.25) is 0 Å². The molecule has 2 N–H and O–H groups in total. The molecule has 1 atom stereocenters. The Morgan fingerprint density at radius 2 is 1.42 bits per heavy atom. The molecule has 0 amide bonds. The minimum Gasteiger partial charge on any atom is -0.323 e. The molecule has 0 aliphatic rings. The van der Waals surface area contributed by atoms with Crippen molar-refractivity contribution < 1.29 is 4.39 Å². The fraction of sp³-hybridized carbons (Fsp3) is 0.625. The first-order valence-electron chi connectivity index (χ1n) is 7.12. The van der Waals surface area contributed by atoms with Gasteiger partial charge in [0.1, 0.15) is 5.82 Å². The molecule has 1 unspecified atom stereocenters. The Morgan fingerprint density at radius 3 is 1.84 bits per heavy atom. The average molecular weight is 266 g/mol. The third kappa shape index (κ3) is 6.17. The molecule has 0 aliphatic carbocycles. The van der Waals surface area contributed by atoms with Crippen LogP contribution in [0.15, 0.2) is 24.3 Å². The van der Waals surface area contributed by atoms with E-state index < -0.39 is 0 Å². The van der Waals surface area contributed by atoms with Gasteiger partial charge < -0.3 is 10.6 Å². The summed E-state index contributed by atoms with van der Waals surface area (Å²) < 4.78 is 12.9. The number of rotatable bonds is 7. The van der Waals surface area contributed by atoms with Crippen molar-refractivity contribution in [3.63, 3.8) is 0 Å². The second-order valence-electron chi connectivity index (χ2n) is 6.16. The molecule has 0 saturated carbocycles. The second kappa shape index (κ2) is 7.61. The first kappa shape index (κ1) is 16.1. The number of nitrogens with two attached hydrogens (primary N) is 1. The Balaban J connectivity index is 2.63. The van der Waals surface area contributed by atoms with Gasteiger partial charge in [-0.25, -0.2) is 4.39 Å². The third-order valence-electron chi connectivity index (χ3n) is 3.00. The van der Waals surface area contributed by atoms with E-state index in [-0.39, 0.29) is 11.9 Å². The van der Waals surface area contributed by atoms with Crippen LogP contribution < -0.4 is 5.73 Å². The van der Waals surface area contributed by atoms with Crippen LogP contribution in [0.3, 0.4) is 0 Å². The molecule has 0 fully saturated rings. The van der Waals surface area contributed by atoms with E-state index in [0.29, 0.717) is 11.8 Å². The van der Waals surface area contributed by atoms with Crippen molar-refractivity contribution in [3.05, 3.63) is 35.6 Å². The summed E-state index contributed by atoms with van der Waals surface area (Å²) in [5.41, 5.74) is 7.23. The highest BCUT2D eigenvalue weighted by molar-refractivity contribution is 5.19. The van der Waals surface area contributed by atoms with Gasteiger partial charge in [0, 0.05) is 25.7 Å². The van der Waals surface area contributed by atoms with E-state index in [9.17, 15) is 4.39 Å². The Labute approximate surface area is 116 Å². The Morgan fingerprint density at radius 1 is 0.947 bits per heavy atom. The van der Waals surface area contributed by atoms with Crippen LogP contribution in [-0.2, 0) is 0 Å². The predicted molar refractivity (Wildman–Crippen MR) is 79.4 cm³/mol. The van der Waals surface area contributed by atoms with Gasteiger partial charge in [0.15, 0.2) is 0 Å². The van der Waals surface area contributed by atoms with Crippen molar-refractivity contribution in [2.75, 3.05) is 19.6 Å². The molecule has 1 aromatic carbocycles. The maximum Gasteiger partial charge on any atom is 0.123 e. The molecule has 0 spiro atoms. The maximum atomic E-state index is 12.9. The van der Waals surface area contributed by atoms with Crippen LogP contribution in [0.25, 0.3) is 0 Å². The topological polar surface area (TPSA) is 29.3 Å². The summed E-state index contributed by atoms with van der Waals surface area (Å²) in [6.45, 7) is 11.8. The van der Waals surface area contributed by atoms with Crippen molar-refractivity contribution in [1.29, 1.82) is 0 Å². The Hall–Kier alpha value is -0.930. The summed E-state index contributed by atoms with van der Waals surface area (Å²) in [6.07, 6.45) is 0. The number of hydrogen-bond donors (Lipinski definition) is 1. The van der Waals surface area contributed by atoms with E-state index in [1.807, 2.05) is 0 Å². The molecule has 0 aliphatic heterocycles. The highest BCUT2D eigenvalue weighted by Gasteiger charge is 2.14. The minimum atomic E-state index is -0.211. The van der Waals surface area contributed by atoms with Crippen molar-refractivity contribution in [3.8, 4) is 0 Å². The lowest BCUT2D eigenvalue weighted by Gasteiger charge is -2.28. The van der Waals surface area contributed by atoms with Gasteiger partial charge in [-0.15, -0.1) is 0 Å². The van der Waals surface area contributed by atoms with Crippen molar-refractivity contribution in [1.82, 2.24) is 4.90 Å². The molecule has 1 rings (SSSR count). The van der Waals surface area contributed by atoms with Crippen LogP contribution in [0.5, 0.6) is 0 Å². The molecule has 0 heterocycles. The zero-order valence-electron chi connectivity index (χ0n) is 12.6. The molecule has 2 nitrogen and oxygen atoms in total. The summed E-state index contributed by atoms with van der Waals surface area (Å²) >= 11 is 0. The summed E-state index contributed by atoms with van der Waals surface area (Å²) in [5.74, 6) is 1.04. The summed E-state index contributed by atoms with van der Waals surface area (Å²) in [5, 5.41) is 0. The van der Waals surface area contributed by atoms with E-state index in [1.54, 1.807) is 12.1 Å². The second-order valence-corrected chi connectivity index (χ2v) is 6.16. The molecule has 3 heteroatoms. The normalized spacial score (nSPS) is 13.5. The Kier molecular flexibility index (Phi) is 6.46. The zero-order valence-corrected chi connectivity index (χ0v) is 12.6. The molecule has 1 aromatic rings. The van der Waals surface area contributed by atoms with Crippen LogP contribution >= 0.6 is 0 Å². The van der Waals surface area contributed by atoms with Crippen molar-refractivity contribution in [2.45, 2.75) is 33.7 Å². The highest BCUT2D eigenvalue weighted by Crippen LogP contribution is 2.14. The monoisotopic (exact) mass is 266 g/mol. The highest BCUT2D eigenvalue weighted by atomic mass is 19.1. The summed E-state index contributed by atoms with van der Waals surface area (Å²) in [6, 6.07) is 6.46. The quantitative estimate of drug-likeness (QED) is 0.819. The number of nitrogens with zero attached hydrogens (tertiary/aromatic N) is 1. The van der Waals surface area contributed by atoms with E-state index in [0.717, 1.165) is 25.2 Å². The van der Waals surface area contributed by atoms with E-state index in [4.69, 9.17) is 5.73 Å². The van der Waals surface area contributed by atoms with Gasteiger partial charge in [-0.05, 0) is 29.5 Å². The first-order valence-corrected chi connectivity index (χ1v) is 7.12. The van der Waals surface area contributed by atoms with Gasteiger partial charge >= 0.3 is 0 Å². The maximum absolute atomic E-state index is 12.9. The van der Waals surface area contributed by atoms with Gasteiger partial charge in [-0.1, -0.05) is 39.8 Å². The molecular formula is C16H27FN2. The molecule has 0 bridgehead atoms. The smallest absolute Gasteiger partial charge is 0.123 e. The van der Waals surface area contributed by atoms with Crippen molar-refractivity contribution in [2.24, 2.45) is 17.6 Å². The summed E-state index contributed by atoms with van der Waals surface area (Å²) in [7, 11) is 0. The molecule has 0 radical (unpaired) electrons. The Bertz CT molecular complexity index is 350. The standard InChI is InChI=1S/C16H27FN2/c1-12(2)9-19(10-13(3)4)11-16(18)14-5-7-15(17)8-6-14/h5-8,12-13,16H,9-11,18H2,1-4H3. The molecule has 108 valence electrons. The van der Waals surface area contributed by atoms with E-state index >= 15 is 0 Å². The lowest BCUT2D eigenvalue weighted by molar-refractivity contribution is 0.207. The van der Waals surface area contributed by atoms with E-state index in [1.165, 1.54) is 12.1 Å². The number of benzene rings is 1. The van der Waals surface area contributed by atoms with Crippen molar-refractivity contribution >= 4 is 0 Å². The van der Waals surface area contributed by atoms with E-state index in [2.05, 4.69) is 32.6 Å². The van der Waals surface area contributed by atoms with Gasteiger partial charge in [0.2, 0.25) is 0 Å². The molecule has 0 saturated heterocycles. The minimum absolute atomic E-state index is 0.0573. The van der Waals surface area contributed by atoms with Crippen LogP contribution in [0.4, 0.5) is 4.39 Å². The fourth-order valence-corrected chi connectivity index (χ4v) is 2.35. The first-order chi connectivity index (χ1) is 8.88. The van der Waals surface area contributed by atoms with Crippen LogP contribution in [-0.4, -0.2) is 24.5 Å². The van der Waals surface area contributed by atoms with Crippen LogP contribution in [0, 0.1) is 17.7 Å². The van der Waals surface area contributed by atoms with Gasteiger partial charge in [-0.2, -0.15) is 0 Å². The van der Waals surface area contributed by atoms with Crippen LogP contribution in [0.2, 0.25) is 0 Å². The summed E-state index contributed by atoms with van der Waals surface area (Å²) in [4.78, 5) is 2.41. The number of halogens is 1. The number of hydrogen-bond acceptors (Lipinski definition) is 2. The van der Waals surface area contributed by atoms with Gasteiger partial charge in [0.25, 0.3) is 0 Å². The average Bonchev–Trinajstić information content (AvgIpc) is 2.27. The zero-order chi connectivity index (χ0) is 14.4. The molecule has 19 heavy (non-hydrogen) atoms. The van der Waals surface area contributed by atoms with Crippen LogP contribution in [0.1, 0.15) is 39.3 Å². The van der Waals surface area contributed by atoms with Gasteiger partial charge in [0.05, 0.1) is 0 Å². The predicted octanol–water partition coefficient (Wildman–Crippen LogP) is 3.44. The third-order valence-corrected chi connectivity index (χ3v) is 3.00.